The van der Waals surface area contributed by atoms with Crippen molar-refractivity contribution in [3.8, 4) is 0 Å². The zero-order valence-corrected chi connectivity index (χ0v) is 16.2. The minimum atomic E-state index is -0.684. The summed E-state index contributed by atoms with van der Waals surface area (Å²) < 4.78 is 5.71. The van der Waals surface area contributed by atoms with Gasteiger partial charge < -0.3 is 20.5 Å². The lowest BCUT2D eigenvalue weighted by atomic mass is 9.94. The SMILES string of the molecule is CC(C)(C)c1cnc(/C=C/c2cnc(NC(=O)[C@@H](N)Cc3cnc[nH]3)s2)o1. The average molecular weight is 386 g/mol. The molecule has 0 unspecified atom stereocenters. The third kappa shape index (κ3) is 5.11. The fourth-order valence-corrected chi connectivity index (χ4v) is 2.93. The highest BCUT2D eigenvalue weighted by Crippen LogP contribution is 2.24. The number of hydrogen-bond acceptors (Lipinski definition) is 7. The number of hydrogen-bond donors (Lipinski definition) is 3. The van der Waals surface area contributed by atoms with E-state index in [0.29, 0.717) is 17.4 Å². The van der Waals surface area contributed by atoms with Crippen molar-refractivity contribution in [2.75, 3.05) is 5.32 Å². The first kappa shape index (κ1) is 19.0. The zero-order chi connectivity index (χ0) is 19.4. The molecule has 0 aliphatic heterocycles. The maximum atomic E-state index is 12.2. The number of amides is 1. The van der Waals surface area contributed by atoms with Gasteiger partial charge in [0.25, 0.3) is 0 Å². The molecule has 0 radical (unpaired) electrons. The van der Waals surface area contributed by atoms with Crippen molar-refractivity contribution in [3.05, 3.63) is 47.1 Å². The monoisotopic (exact) mass is 386 g/mol. The Hall–Kier alpha value is -2.78. The van der Waals surface area contributed by atoms with E-state index in [1.54, 1.807) is 31.0 Å². The predicted octanol–water partition coefficient (Wildman–Crippen LogP) is 2.83. The number of nitrogens with one attached hydrogen (secondary N) is 2. The Morgan fingerprint density at radius 2 is 2.15 bits per heavy atom. The Labute approximate surface area is 160 Å². The molecule has 142 valence electrons. The Kier molecular flexibility index (Phi) is 5.52. The van der Waals surface area contributed by atoms with Crippen LogP contribution in [0.25, 0.3) is 12.2 Å². The molecule has 0 aliphatic carbocycles. The molecule has 0 aliphatic rings. The molecule has 3 aromatic rings. The summed E-state index contributed by atoms with van der Waals surface area (Å²) in [7, 11) is 0. The number of H-pyrrole nitrogens is 1. The van der Waals surface area contributed by atoms with Gasteiger partial charge in [0.15, 0.2) is 5.13 Å². The molecule has 0 fully saturated rings. The number of rotatable bonds is 6. The van der Waals surface area contributed by atoms with Crippen LogP contribution in [-0.4, -0.2) is 31.9 Å². The molecule has 1 atom stereocenters. The second kappa shape index (κ2) is 7.85. The van der Waals surface area contributed by atoms with Gasteiger partial charge in [0.2, 0.25) is 11.8 Å². The maximum absolute atomic E-state index is 12.2. The van der Waals surface area contributed by atoms with Crippen LogP contribution < -0.4 is 11.1 Å². The summed E-state index contributed by atoms with van der Waals surface area (Å²) in [6, 6.07) is -0.684. The molecular weight excluding hydrogens is 364 g/mol. The van der Waals surface area contributed by atoms with Crippen molar-refractivity contribution >= 4 is 34.5 Å². The van der Waals surface area contributed by atoms with E-state index in [2.05, 4.69) is 46.0 Å². The van der Waals surface area contributed by atoms with E-state index in [4.69, 9.17) is 10.2 Å². The maximum Gasteiger partial charge on any atom is 0.243 e. The molecule has 3 rings (SSSR count). The van der Waals surface area contributed by atoms with Crippen molar-refractivity contribution in [2.45, 2.75) is 38.6 Å². The second-order valence-electron chi connectivity index (χ2n) is 7.09. The first-order chi connectivity index (χ1) is 12.8. The topological polar surface area (TPSA) is 123 Å². The Balaban J connectivity index is 1.58. The largest absolute Gasteiger partial charge is 0.441 e. The van der Waals surface area contributed by atoms with Gasteiger partial charge in [-0.3, -0.25) is 4.79 Å². The lowest BCUT2D eigenvalue weighted by Gasteiger charge is -2.12. The molecule has 3 heterocycles. The summed E-state index contributed by atoms with van der Waals surface area (Å²) >= 11 is 1.34. The van der Waals surface area contributed by atoms with Crippen LogP contribution in [0, 0.1) is 0 Å². The number of carbonyl (C=O) groups excluding carboxylic acids is 1. The average Bonchev–Trinajstić information content (AvgIpc) is 3.34. The van der Waals surface area contributed by atoms with Gasteiger partial charge in [-0.05, 0) is 6.08 Å². The summed E-state index contributed by atoms with van der Waals surface area (Å²) in [5.41, 5.74) is 6.64. The van der Waals surface area contributed by atoms with Gasteiger partial charge in [0, 0.05) is 40.9 Å². The molecule has 0 bridgehead atoms. The van der Waals surface area contributed by atoms with E-state index >= 15 is 0 Å². The normalized spacial score (nSPS) is 13.2. The molecule has 0 saturated heterocycles. The van der Waals surface area contributed by atoms with Crippen molar-refractivity contribution < 1.29 is 9.21 Å². The van der Waals surface area contributed by atoms with Gasteiger partial charge in [-0.1, -0.05) is 32.1 Å². The molecule has 8 nitrogen and oxygen atoms in total. The number of oxazole rings is 1. The smallest absolute Gasteiger partial charge is 0.243 e. The van der Waals surface area contributed by atoms with Crippen LogP contribution in [0.5, 0.6) is 0 Å². The van der Waals surface area contributed by atoms with Crippen LogP contribution in [0.4, 0.5) is 5.13 Å². The highest BCUT2D eigenvalue weighted by molar-refractivity contribution is 7.16. The number of nitrogens with zero attached hydrogens (tertiary/aromatic N) is 3. The Morgan fingerprint density at radius 1 is 1.33 bits per heavy atom. The molecule has 0 saturated carbocycles. The lowest BCUT2D eigenvalue weighted by Crippen LogP contribution is -2.37. The number of aromatic nitrogens is 4. The van der Waals surface area contributed by atoms with Gasteiger partial charge in [-0.25, -0.2) is 15.0 Å². The number of thiazole rings is 1. The van der Waals surface area contributed by atoms with Gasteiger partial charge in [0.1, 0.15) is 5.76 Å². The molecule has 0 spiro atoms. The third-order valence-corrected chi connectivity index (χ3v) is 4.62. The standard InChI is InChI=1S/C18H22N6O2S/c1-18(2,3)14-9-21-15(26-14)5-4-12-8-22-17(27-12)24-16(25)13(19)6-11-7-20-10-23-11/h4-5,7-10,13H,6,19H2,1-3H3,(H,20,23)(H,22,24,25)/b5-4+/t13-/m0/s1. The summed E-state index contributed by atoms with van der Waals surface area (Å²) in [4.78, 5) is 28.3. The zero-order valence-electron chi connectivity index (χ0n) is 15.4. The van der Waals surface area contributed by atoms with E-state index < -0.39 is 6.04 Å². The number of imidazole rings is 1. The third-order valence-electron chi connectivity index (χ3n) is 3.74. The molecular formula is C18H22N6O2S. The summed E-state index contributed by atoms with van der Waals surface area (Å²) in [6.07, 6.45) is 10.6. The van der Waals surface area contributed by atoms with Crippen molar-refractivity contribution in [1.82, 2.24) is 19.9 Å². The van der Waals surface area contributed by atoms with Crippen LogP contribution in [0.15, 0.2) is 29.3 Å². The van der Waals surface area contributed by atoms with Gasteiger partial charge in [-0.15, -0.1) is 0 Å². The summed E-state index contributed by atoms with van der Waals surface area (Å²) in [5.74, 6) is 1.06. The van der Waals surface area contributed by atoms with Gasteiger partial charge in [-0.2, -0.15) is 0 Å². The van der Waals surface area contributed by atoms with E-state index in [1.807, 2.05) is 6.08 Å². The van der Waals surface area contributed by atoms with Crippen LogP contribution in [-0.2, 0) is 16.6 Å². The van der Waals surface area contributed by atoms with Gasteiger partial charge in [0.05, 0.1) is 18.6 Å². The van der Waals surface area contributed by atoms with Crippen LogP contribution >= 0.6 is 11.3 Å². The second-order valence-corrected chi connectivity index (χ2v) is 8.15. The molecule has 9 heteroatoms. The first-order valence-electron chi connectivity index (χ1n) is 8.45. The van der Waals surface area contributed by atoms with Crippen molar-refractivity contribution in [3.63, 3.8) is 0 Å². The highest BCUT2D eigenvalue weighted by Gasteiger charge is 2.18. The van der Waals surface area contributed by atoms with Gasteiger partial charge >= 0.3 is 0 Å². The number of aromatic amines is 1. The molecule has 0 aromatic carbocycles. The van der Waals surface area contributed by atoms with Crippen LogP contribution in [0.1, 0.15) is 43.0 Å². The minimum absolute atomic E-state index is 0.0873. The van der Waals surface area contributed by atoms with E-state index in [9.17, 15) is 4.79 Å². The van der Waals surface area contributed by atoms with Crippen LogP contribution in [0.3, 0.4) is 0 Å². The molecule has 27 heavy (non-hydrogen) atoms. The molecule has 3 aromatic heterocycles. The lowest BCUT2D eigenvalue weighted by molar-refractivity contribution is -0.117. The number of anilines is 1. The quantitative estimate of drug-likeness (QED) is 0.599. The molecule has 4 N–H and O–H groups in total. The van der Waals surface area contributed by atoms with E-state index in [-0.39, 0.29) is 11.3 Å². The minimum Gasteiger partial charge on any atom is -0.441 e. The molecule has 1 amide bonds. The van der Waals surface area contributed by atoms with Crippen molar-refractivity contribution in [1.29, 1.82) is 0 Å². The number of carbonyl (C=O) groups is 1. The first-order valence-corrected chi connectivity index (χ1v) is 9.27. The summed E-state index contributed by atoms with van der Waals surface area (Å²) in [6.45, 7) is 6.20. The Bertz CT molecular complexity index is 920. The van der Waals surface area contributed by atoms with E-state index in [0.717, 1.165) is 16.3 Å². The highest BCUT2D eigenvalue weighted by atomic mass is 32.1. The fraction of sp³-hybridized carbons (Fsp3) is 0.333. The van der Waals surface area contributed by atoms with Crippen LogP contribution in [0.2, 0.25) is 0 Å². The fourth-order valence-electron chi connectivity index (χ4n) is 2.21. The summed E-state index contributed by atoms with van der Waals surface area (Å²) in [5, 5.41) is 3.22. The van der Waals surface area contributed by atoms with E-state index in [1.165, 1.54) is 11.3 Å². The van der Waals surface area contributed by atoms with Crippen molar-refractivity contribution in [2.24, 2.45) is 5.73 Å². The number of nitrogens with two attached hydrogens (primary N) is 1. The predicted molar refractivity (Wildman–Crippen MR) is 105 cm³/mol. The Morgan fingerprint density at radius 3 is 2.81 bits per heavy atom.